The van der Waals surface area contributed by atoms with E-state index in [1.54, 1.807) is 0 Å². The minimum atomic E-state index is 0.137. The molecule has 0 unspecified atom stereocenters. The highest BCUT2D eigenvalue weighted by Gasteiger charge is 2.22. The van der Waals surface area contributed by atoms with E-state index in [-0.39, 0.29) is 5.41 Å². The zero-order valence-electron chi connectivity index (χ0n) is 23.2. The summed E-state index contributed by atoms with van der Waals surface area (Å²) >= 11 is 0. The molecule has 0 N–H and O–H groups in total. The first kappa shape index (κ1) is 23.7. The number of rotatable bonds is 2. The molecule has 2 aromatic heterocycles. The summed E-state index contributed by atoms with van der Waals surface area (Å²) < 4.78 is 8.92. The van der Waals surface area contributed by atoms with Gasteiger partial charge >= 0.3 is 0 Å². The second kappa shape index (κ2) is 8.54. The quantitative estimate of drug-likeness (QED) is 0.168. The van der Waals surface area contributed by atoms with Gasteiger partial charge in [0, 0.05) is 22.9 Å². The van der Waals surface area contributed by atoms with Crippen LogP contribution in [-0.4, -0.2) is 0 Å². The molecule has 0 radical (unpaired) electrons. The molecule has 2 heteroatoms. The van der Waals surface area contributed by atoms with Crippen molar-refractivity contribution in [1.82, 2.24) is 0 Å². The molecule has 0 saturated heterocycles. The highest BCUT2D eigenvalue weighted by Crippen LogP contribution is 2.40. The van der Waals surface area contributed by atoms with E-state index in [0.717, 1.165) is 33.2 Å². The Labute approximate surface area is 229 Å². The minimum absolute atomic E-state index is 0.137. The number of aromatic nitrogens is 1. The Balaban J connectivity index is 1.44. The topological polar surface area (TPSA) is 17.0 Å². The summed E-state index contributed by atoms with van der Waals surface area (Å²) in [6, 6.07) is 35.4. The first-order valence-electron chi connectivity index (χ1n) is 13.7. The van der Waals surface area contributed by atoms with Crippen LogP contribution in [0.2, 0.25) is 0 Å². The summed E-state index contributed by atoms with van der Waals surface area (Å²) in [5, 5.41) is 7.27. The van der Waals surface area contributed by atoms with E-state index >= 15 is 0 Å². The lowest BCUT2D eigenvalue weighted by molar-refractivity contribution is -0.660. The average Bonchev–Trinajstić information content (AvgIpc) is 3.29. The molecule has 190 valence electrons. The zero-order chi connectivity index (χ0) is 26.9. The molecule has 0 aliphatic rings. The molecule has 0 bridgehead atoms. The summed E-state index contributed by atoms with van der Waals surface area (Å²) in [6.07, 6.45) is 2.16. The largest absolute Gasteiger partial charge is 0.455 e. The fourth-order valence-electron chi connectivity index (χ4n) is 5.92. The predicted molar refractivity (Wildman–Crippen MR) is 164 cm³/mol. The van der Waals surface area contributed by atoms with Crippen LogP contribution >= 0.6 is 0 Å². The standard InChI is InChI=1S/C37H32NO/c1-23-10-17-30-32-20-27-12-11-25-8-6-7-9-29(25)31(27)22-34(32)39-36(30)35(23)33-21-26(18-19-38(33)5)24-13-15-28(16-14-24)37(2,3)4/h6-22H,1-5H3/q+1. The molecule has 0 amide bonds. The van der Waals surface area contributed by atoms with Gasteiger partial charge in [0.2, 0.25) is 5.69 Å². The molecule has 0 spiro atoms. The molecule has 0 aliphatic heterocycles. The normalized spacial score (nSPS) is 12.2. The molecule has 2 nitrogen and oxygen atoms in total. The number of hydrogen-bond donors (Lipinski definition) is 0. The molecular weight excluding hydrogens is 474 g/mol. The van der Waals surface area contributed by atoms with Crippen molar-refractivity contribution in [2.75, 3.05) is 0 Å². The second-order valence-electron chi connectivity index (χ2n) is 11.8. The van der Waals surface area contributed by atoms with Crippen LogP contribution in [0, 0.1) is 6.92 Å². The number of nitrogens with zero attached hydrogens (tertiary/aromatic N) is 1. The SMILES string of the molecule is Cc1ccc2c(oc3cc4c(ccc5ccccc54)cc32)c1-c1cc(-c2ccc(C(C)(C)C)cc2)cc[n+]1C. The van der Waals surface area contributed by atoms with Gasteiger partial charge in [-0.3, -0.25) is 0 Å². The molecule has 0 aliphatic carbocycles. The van der Waals surface area contributed by atoms with Crippen molar-refractivity contribution in [3.8, 4) is 22.4 Å². The van der Waals surface area contributed by atoms with Crippen LogP contribution in [0.1, 0.15) is 31.9 Å². The smallest absolute Gasteiger partial charge is 0.216 e. The highest BCUT2D eigenvalue weighted by atomic mass is 16.3. The maximum Gasteiger partial charge on any atom is 0.216 e. The molecule has 39 heavy (non-hydrogen) atoms. The first-order chi connectivity index (χ1) is 18.8. The third kappa shape index (κ3) is 3.82. The lowest BCUT2D eigenvalue weighted by Gasteiger charge is -2.19. The summed E-state index contributed by atoms with van der Waals surface area (Å²) in [4.78, 5) is 0. The van der Waals surface area contributed by atoms with Crippen LogP contribution in [0.5, 0.6) is 0 Å². The van der Waals surface area contributed by atoms with Crippen LogP contribution in [0.25, 0.3) is 65.9 Å². The molecule has 7 aromatic rings. The summed E-state index contributed by atoms with van der Waals surface area (Å²) in [6.45, 7) is 8.94. The van der Waals surface area contributed by atoms with Crippen LogP contribution in [0.15, 0.2) is 108 Å². The number of furan rings is 1. The average molecular weight is 507 g/mol. The van der Waals surface area contributed by atoms with Crippen molar-refractivity contribution < 1.29 is 8.98 Å². The first-order valence-corrected chi connectivity index (χ1v) is 13.7. The highest BCUT2D eigenvalue weighted by molar-refractivity contribution is 6.17. The zero-order valence-corrected chi connectivity index (χ0v) is 23.2. The van der Waals surface area contributed by atoms with Gasteiger partial charge in [-0.2, -0.15) is 0 Å². The van der Waals surface area contributed by atoms with Gasteiger partial charge in [-0.15, -0.1) is 0 Å². The van der Waals surface area contributed by atoms with Gasteiger partial charge in [0.25, 0.3) is 0 Å². The number of benzene rings is 5. The summed E-state index contributed by atoms with van der Waals surface area (Å²) in [7, 11) is 2.11. The van der Waals surface area contributed by atoms with Crippen molar-refractivity contribution in [1.29, 1.82) is 0 Å². The van der Waals surface area contributed by atoms with E-state index in [4.69, 9.17) is 4.42 Å². The Morgan fingerprint density at radius 3 is 2.21 bits per heavy atom. The predicted octanol–water partition coefficient (Wildman–Crippen LogP) is 9.66. The van der Waals surface area contributed by atoms with Crippen LogP contribution in [0.3, 0.4) is 0 Å². The van der Waals surface area contributed by atoms with Crippen LogP contribution in [0.4, 0.5) is 0 Å². The van der Waals surface area contributed by atoms with Gasteiger partial charge in [-0.05, 0) is 68.3 Å². The molecule has 5 aromatic carbocycles. The van der Waals surface area contributed by atoms with Crippen molar-refractivity contribution in [3.63, 3.8) is 0 Å². The van der Waals surface area contributed by atoms with E-state index in [9.17, 15) is 0 Å². The van der Waals surface area contributed by atoms with Gasteiger partial charge in [0.05, 0.1) is 5.56 Å². The number of pyridine rings is 1. The Bertz CT molecular complexity index is 2050. The lowest BCUT2D eigenvalue weighted by atomic mass is 9.86. The van der Waals surface area contributed by atoms with Crippen molar-refractivity contribution in [2.24, 2.45) is 7.05 Å². The maximum absolute atomic E-state index is 6.72. The minimum Gasteiger partial charge on any atom is -0.455 e. The van der Waals surface area contributed by atoms with Crippen LogP contribution in [-0.2, 0) is 12.5 Å². The van der Waals surface area contributed by atoms with E-state index in [1.165, 1.54) is 43.8 Å². The van der Waals surface area contributed by atoms with E-state index in [2.05, 4.69) is 143 Å². The number of aryl methyl sites for hydroxylation is 2. The summed E-state index contributed by atoms with van der Waals surface area (Å²) in [5.74, 6) is 0. The summed E-state index contributed by atoms with van der Waals surface area (Å²) in [5.41, 5.74) is 9.27. The van der Waals surface area contributed by atoms with E-state index < -0.39 is 0 Å². The number of fused-ring (bicyclic) bond motifs is 6. The maximum atomic E-state index is 6.72. The van der Waals surface area contributed by atoms with Crippen molar-refractivity contribution in [2.45, 2.75) is 33.1 Å². The Kier molecular flexibility index (Phi) is 5.18. The second-order valence-corrected chi connectivity index (χ2v) is 11.8. The van der Waals surface area contributed by atoms with Crippen LogP contribution < -0.4 is 4.57 Å². The Morgan fingerprint density at radius 2 is 1.41 bits per heavy atom. The Hall–Kier alpha value is -4.43. The fourth-order valence-corrected chi connectivity index (χ4v) is 5.92. The molecule has 0 atom stereocenters. The monoisotopic (exact) mass is 506 g/mol. The molecular formula is C37H32NO+. The van der Waals surface area contributed by atoms with Crippen molar-refractivity contribution in [3.05, 3.63) is 114 Å². The number of hydrogen-bond acceptors (Lipinski definition) is 1. The van der Waals surface area contributed by atoms with Crippen molar-refractivity contribution >= 4 is 43.5 Å². The fraction of sp³-hybridized carbons (Fsp3) is 0.162. The van der Waals surface area contributed by atoms with Gasteiger partial charge < -0.3 is 4.42 Å². The van der Waals surface area contributed by atoms with Gasteiger partial charge in [-0.25, -0.2) is 4.57 Å². The molecule has 7 rings (SSSR count). The Morgan fingerprint density at radius 1 is 0.641 bits per heavy atom. The van der Waals surface area contributed by atoms with Gasteiger partial charge in [-0.1, -0.05) is 93.6 Å². The molecule has 0 saturated carbocycles. The third-order valence-corrected chi connectivity index (χ3v) is 8.20. The van der Waals surface area contributed by atoms with Gasteiger partial charge in [0.1, 0.15) is 18.2 Å². The van der Waals surface area contributed by atoms with Gasteiger partial charge in [0.15, 0.2) is 6.20 Å². The van der Waals surface area contributed by atoms with E-state index in [0.29, 0.717) is 0 Å². The van der Waals surface area contributed by atoms with E-state index in [1.807, 2.05) is 0 Å². The lowest BCUT2D eigenvalue weighted by Crippen LogP contribution is -2.30. The molecule has 0 fully saturated rings. The third-order valence-electron chi connectivity index (χ3n) is 8.20. The molecule has 2 heterocycles.